The van der Waals surface area contributed by atoms with E-state index in [1.807, 2.05) is 23.1 Å². The molecule has 0 aromatic heterocycles. The van der Waals surface area contributed by atoms with Crippen molar-refractivity contribution in [1.82, 2.24) is 9.80 Å². The van der Waals surface area contributed by atoms with Gasteiger partial charge in [0.05, 0.1) is 6.54 Å². The Balaban J connectivity index is 1.53. The molecule has 2 heterocycles. The summed E-state index contributed by atoms with van der Waals surface area (Å²) in [5, 5.41) is 0. The molecule has 25 heavy (non-hydrogen) atoms. The second-order valence-electron chi connectivity index (χ2n) is 7.99. The Labute approximate surface area is 152 Å². The van der Waals surface area contributed by atoms with Gasteiger partial charge in [0.25, 0.3) is 0 Å². The quantitative estimate of drug-likeness (QED) is 0.821. The van der Waals surface area contributed by atoms with Crippen LogP contribution in [-0.2, 0) is 16.1 Å². The second-order valence-corrected chi connectivity index (χ2v) is 7.99. The molecule has 3 rings (SSSR count). The van der Waals surface area contributed by atoms with Crippen LogP contribution in [0, 0.1) is 5.41 Å². The summed E-state index contributed by atoms with van der Waals surface area (Å²) in [7, 11) is 0. The number of hydrogen-bond donors (Lipinski definition) is 0. The Kier molecular flexibility index (Phi) is 6.13. The zero-order valence-electron chi connectivity index (χ0n) is 15.7. The molecule has 1 aromatic rings. The number of ether oxygens (including phenoxy) is 1. The van der Waals surface area contributed by atoms with Crippen LogP contribution in [0.15, 0.2) is 30.3 Å². The van der Waals surface area contributed by atoms with Crippen LogP contribution in [0.25, 0.3) is 0 Å². The number of rotatable bonds is 5. The molecule has 0 unspecified atom stereocenters. The van der Waals surface area contributed by atoms with Gasteiger partial charge in [0, 0.05) is 25.8 Å². The number of piperidine rings is 1. The molecule has 0 radical (unpaired) electrons. The van der Waals surface area contributed by atoms with Gasteiger partial charge in [-0.3, -0.25) is 9.69 Å². The fraction of sp³-hybridized carbons (Fsp3) is 0.667. The smallest absolute Gasteiger partial charge is 0.237 e. The minimum absolute atomic E-state index is 0.222. The third-order valence-corrected chi connectivity index (χ3v) is 5.97. The minimum atomic E-state index is 0.222. The topological polar surface area (TPSA) is 32.8 Å². The van der Waals surface area contributed by atoms with Gasteiger partial charge in [0.2, 0.25) is 5.91 Å². The maximum absolute atomic E-state index is 12.9. The first-order valence-corrected chi connectivity index (χ1v) is 9.71. The Hall–Kier alpha value is -1.39. The van der Waals surface area contributed by atoms with Crippen molar-refractivity contribution in [3.8, 4) is 0 Å². The Morgan fingerprint density at radius 2 is 1.76 bits per heavy atom. The zero-order valence-corrected chi connectivity index (χ0v) is 15.7. The highest BCUT2D eigenvalue weighted by Gasteiger charge is 2.36. The van der Waals surface area contributed by atoms with E-state index in [0.29, 0.717) is 18.5 Å². The van der Waals surface area contributed by atoms with Crippen LogP contribution in [0.2, 0.25) is 0 Å². The fourth-order valence-corrected chi connectivity index (χ4v) is 4.11. The number of benzene rings is 1. The molecule has 2 aliphatic rings. The standard InChI is InChI=1S/C21H32N2O2/c1-18(2)23(16-19-6-4-3-5-7-19)20(24)17-22-12-8-21(9-13-22)10-14-25-15-11-21/h3-7,18H,8-17H2,1-2H3. The van der Waals surface area contributed by atoms with Gasteiger partial charge in [-0.2, -0.15) is 0 Å². The number of likely N-dealkylation sites (tertiary alicyclic amines) is 1. The maximum atomic E-state index is 12.9. The lowest BCUT2D eigenvalue weighted by molar-refractivity contribution is -0.135. The lowest BCUT2D eigenvalue weighted by Gasteiger charge is -2.44. The zero-order chi connectivity index (χ0) is 17.7. The summed E-state index contributed by atoms with van der Waals surface area (Å²) in [5.41, 5.74) is 1.68. The van der Waals surface area contributed by atoms with E-state index in [0.717, 1.165) is 26.3 Å². The van der Waals surface area contributed by atoms with E-state index in [-0.39, 0.29) is 11.9 Å². The van der Waals surface area contributed by atoms with Crippen molar-refractivity contribution in [1.29, 1.82) is 0 Å². The van der Waals surface area contributed by atoms with E-state index in [1.54, 1.807) is 0 Å². The second kappa shape index (κ2) is 8.33. The van der Waals surface area contributed by atoms with Crippen LogP contribution in [0.4, 0.5) is 0 Å². The number of carbonyl (C=O) groups excluding carboxylic acids is 1. The average Bonchev–Trinajstić information content (AvgIpc) is 2.63. The first-order chi connectivity index (χ1) is 12.1. The Bertz CT molecular complexity index is 542. The summed E-state index contributed by atoms with van der Waals surface area (Å²) >= 11 is 0. The van der Waals surface area contributed by atoms with Crippen molar-refractivity contribution in [2.24, 2.45) is 5.41 Å². The highest BCUT2D eigenvalue weighted by molar-refractivity contribution is 5.78. The summed E-state index contributed by atoms with van der Waals surface area (Å²) in [4.78, 5) is 17.2. The number of hydrogen-bond acceptors (Lipinski definition) is 3. The van der Waals surface area contributed by atoms with Crippen LogP contribution in [-0.4, -0.2) is 54.6 Å². The van der Waals surface area contributed by atoms with Crippen molar-refractivity contribution in [2.75, 3.05) is 32.8 Å². The first-order valence-electron chi connectivity index (χ1n) is 9.71. The van der Waals surface area contributed by atoms with Crippen LogP contribution in [0.3, 0.4) is 0 Å². The summed E-state index contributed by atoms with van der Waals surface area (Å²) in [5.74, 6) is 0.252. The molecule has 1 amide bonds. The molecule has 1 spiro atoms. The van der Waals surface area contributed by atoms with Crippen molar-refractivity contribution in [2.45, 2.75) is 52.1 Å². The van der Waals surface area contributed by atoms with Gasteiger partial charge >= 0.3 is 0 Å². The van der Waals surface area contributed by atoms with Crippen molar-refractivity contribution < 1.29 is 9.53 Å². The summed E-state index contributed by atoms with van der Waals surface area (Å²) < 4.78 is 5.53. The molecule has 4 heteroatoms. The first kappa shape index (κ1) is 18.4. The van der Waals surface area contributed by atoms with Crippen LogP contribution < -0.4 is 0 Å². The predicted molar refractivity (Wildman–Crippen MR) is 100 cm³/mol. The molecular formula is C21H32N2O2. The van der Waals surface area contributed by atoms with Crippen molar-refractivity contribution in [3.63, 3.8) is 0 Å². The molecule has 2 saturated heterocycles. The average molecular weight is 344 g/mol. The van der Waals surface area contributed by atoms with Crippen molar-refractivity contribution >= 4 is 5.91 Å². The number of amides is 1. The maximum Gasteiger partial charge on any atom is 0.237 e. The van der Waals surface area contributed by atoms with E-state index >= 15 is 0 Å². The third kappa shape index (κ3) is 4.83. The molecule has 0 N–H and O–H groups in total. The van der Waals surface area contributed by atoms with Gasteiger partial charge in [-0.25, -0.2) is 0 Å². The van der Waals surface area contributed by atoms with E-state index < -0.39 is 0 Å². The minimum Gasteiger partial charge on any atom is -0.381 e. The van der Waals surface area contributed by atoms with Gasteiger partial charge in [-0.1, -0.05) is 30.3 Å². The highest BCUT2D eigenvalue weighted by Crippen LogP contribution is 2.40. The summed E-state index contributed by atoms with van der Waals surface area (Å²) in [6.07, 6.45) is 4.82. The Morgan fingerprint density at radius 3 is 2.36 bits per heavy atom. The molecule has 1 aromatic carbocycles. The van der Waals surface area contributed by atoms with Gasteiger partial charge in [-0.15, -0.1) is 0 Å². The molecular weight excluding hydrogens is 312 g/mol. The van der Waals surface area contributed by atoms with Crippen LogP contribution in [0.5, 0.6) is 0 Å². The van der Waals surface area contributed by atoms with E-state index in [1.165, 1.54) is 31.2 Å². The molecule has 0 aliphatic carbocycles. The summed E-state index contributed by atoms with van der Waals surface area (Å²) in [6.45, 7) is 9.38. The molecule has 138 valence electrons. The van der Waals surface area contributed by atoms with Crippen LogP contribution >= 0.6 is 0 Å². The van der Waals surface area contributed by atoms with Gasteiger partial charge in [0.1, 0.15) is 0 Å². The van der Waals surface area contributed by atoms with Gasteiger partial charge in [0.15, 0.2) is 0 Å². The van der Waals surface area contributed by atoms with Crippen LogP contribution in [0.1, 0.15) is 45.1 Å². The number of carbonyl (C=O) groups is 1. The SMILES string of the molecule is CC(C)N(Cc1ccccc1)C(=O)CN1CCC2(CCOCC2)CC1. The van der Waals surface area contributed by atoms with Gasteiger partial charge in [-0.05, 0) is 63.6 Å². The predicted octanol–water partition coefficient (Wildman–Crippen LogP) is 3.32. The lowest BCUT2D eigenvalue weighted by atomic mass is 9.72. The third-order valence-electron chi connectivity index (χ3n) is 5.97. The Morgan fingerprint density at radius 1 is 1.12 bits per heavy atom. The molecule has 0 saturated carbocycles. The van der Waals surface area contributed by atoms with Crippen molar-refractivity contribution in [3.05, 3.63) is 35.9 Å². The fourth-order valence-electron chi connectivity index (χ4n) is 4.11. The molecule has 4 nitrogen and oxygen atoms in total. The normalized spacial score (nSPS) is 20.8. The number of nitrogens with zero attached hydrogens (tertiary/aromatic N) is 2. The van der Waals surface area contributed by atoms with E-state index in [9.17, 15) is 4.79 Å². The summed E-state index contributed by atoms with van der Waals surface area (Å²) in [6, 6.07) is 10.5. The van der Waals surface area contributed by atoms with E-state index in [2.05, 4.69) is 30.9 Å². The van der Waals surface area contributed by atoms with E-state index in [4.69, 9.17) is 4.74 Å². The molecule has 0 atom stereocenters. The van der Waals surface area contributed by atoms with Gasteiger partial charge < -0.3 is 9.64 Å². The molecule has 2 fully saturated rings. The monoisotopic (exact) mass is 344 g/mol. The largest absolute Gasteiger partial charge is 0.381 e. The highest BCUT2D eigenvalue weighted by atomic mass is 16.5. The molecule has 2 aliphatic heterocycles. The lowest BCUT2D eigenvalue weighted by Crippen LogP contribution is -2.48. The molecule has 0 bridgehead atoms.